The molecule has 0 heterocycles. The highest BCUT2D eigenvalue weighted by atomic mass is 16.5. The van der Waals surface area contributed by atoms with Crippen LogP contribution >= 0.6 is 0 Å². The molecule has 0 saturated heterocycles. The molecule has 2 rings (SSSR count). The molecule has 2 N–H and O–H groups in total. The number of rotatable bonds is 9. The topological polar surface area (TPSA) is 67.4 Å². The third-order valence-corrected chi connectivity index (χ3v) is 4.19. The van der Waals surface area contributed by atoms with Gasteiger partial charge in [0.1, 0.15) is 5.75 Å². The summed E-state index contributed by atoms with van der Waals surface area (Å²) in [6, 6.07) is 16.8. The van der Waals surface area contributed by atoms with E-state index < -0.39 is 0 Å². The van der Waals surface area contributed by atoms with Gasteiger partial charge in [0.15, 0.2) is 6.61 Å². The molecule has 1 atom stereocenters. The smallest absolute Gasteiger partial charge is 0.258 e. The highest BCUT2D eigenvalue weighted by Crippen LogP contribution is 2.28. The van der Waals surface area contributed by atoms with Crippen molar-refractivity contribution >= 4 is 11.8 Å². The Bertz CT molecular complexity index is 716. The summed E-state index contributed by atoms with van der Waals surface area (Å²) in [5.41, 5.74) is 1.71. The molecule has 0 spiro atoms. The first-order valence-corrected chi connectivity index (χ1v) is 8.93. The van der Waals surface area contributed by atoms with Gasteiger partial charge in [-0.2, -0.15) is 0 Å². The van der Waals surface area contributed by atoms with Crippen molar-refractivity contribution in [3.05, 3.63) is 65.7 Å². The molecule has 2 aromatic carbocycles. The van der Waals surface area contributed by atoms with Crippen LogP contribution in [0.3, 0.4) is 0 Å². The monoisotopic (exact) mass is 354 g/mol. The molecule has 0 aliphatic rings. The van der Waals surface area contributed by atoms with Crippen molar-refractivity contribution in [2.45, 2.75) is 26.2 Å². The van der Waals surface area contributed by atoms with Crippen LogP contribution in [0.1, 0.15) is 42.1 Å². The van der Waals surface area contributed by atoms with Crippen molar-refractivity contribution in [3.8, 4) is 5.75 Å². The molecule has 2 amide bonds. The van der Waals surface area contributed by atoms with E-state index in [4.69, 9.17) is 4.74 Å². The fourth-order valence-corrected chi connectivity index (χ4v) is 2.50. The summed E-state index contributed by atoms with van der Waals surface area (Å²) in [4.78, 5) is 23.8. The summed E-state index contributed by atoms with van der Waals surface area (Å²) in [6.45, 7) is 4.94. The minimum absolute atomic E-state index is 0.0416. The average Bonchev–Trinajstić information content (AvgIpc) is 2.69. The molecule has 138 valence electrons. The number of carbonyl (C=O) groups is 2. The number of hydrogen-bond donors (Lipinski definition) is 2. The summed E-state index contributed by atoms with van der Waals surface area (Å²) < 4.78 is 5.67. The molecular formula is C21H26N2O3. The number of nitrogens with one attached hydrogen (secondary N) is 2. The zero-order valence-corrected chi connectivity index (χ0v) is 15.3. The molecule has 0 aliphatic carbocycles. The predicted molar refractivity (Wildman–Crippen MR) is 102 cm³/mol. The first kappa shape index (κ1) is 19.5. The highest BCUT2D eigenvalue weighted by Gasteiger charge is 2.11. The van der Waals surface area contributed by atoms with Crippen LogP contribution in [-0.4, -0.2) is 31.5 Å². The maximum absolute atomic E-state index is 11.9. The molecule has 5 heteroatoms. The molecule has 0 radical (unpaired) electrons. The van der Waals surface area contributed by atoms with Crippen LogP contribution in [0, 0.1) is 0 Å². The van der Waals surface area contributed by atoms with Crippen LogP contribution in [0.15, 0.2) is 54.6 Å². The number of ether oxygens (including phenoxy) is 1. The third kappa shape index (κ3) is 5.92. The van der Waals surface area contributed by atoms with E-state index in [0.717, 1.165) is 17.7 Å². The molecule has 2 aromatic rings. The van der Waals surface area contributed by atoms with Gasteiger partial charge in [0.2, 0.25) is 0 Å². The zero-order valence-electron chi connectivity index (χ0n) is 15.3. The van der Waals surface area contributed by atoms with Crippen LogP contribution in [0.2, 0.25) is 0 Å². The first-order valence-electron chi connectivity index (χ1n) is 8.93. The third-order valence-electron chi connectivity index (χ3n) is 4.19. The van der Waals surface area contributed by atoms with E-state index in [1.165, 1.54) is 0 Å². The lowest BCUT2D eigenvalue weighted by atomic mass is 9.98. The Kier molecular flexibility index (Phi) is 7.68. The van der Waals surface area contributed by atoms with Crippen molar-refractivity contribution in [1.82, 2.24) is 10.6 Å². The van der Waals surface area contributed by atoms with Crippen molar-refractivity contribution in [2.75, 3.05) is 19.7 Å². The number of para-hydroxylation sites is 1. The van der Waals surface area contributed by atoms with Crippen LogP contribution in [0.25, 0.3) is 0 Å². The van der Waals surface area contributed by atoms with Crippen LogP contribution < -0.4 is 15.4 Å². The number of benzene rings is 2. The molecule has 0 bridgehead atoms. The molecule has 0 aliphatic heterocycles. The Morgan fingerprint density at radius 3 is 2.35 bits per heavy atom. The van der Waals surface area contributed by atoms with Gasteiger partial charge < -0.3 is 15.4 Å². The summed E-state index contributed by atoms with van der Waals surface area (Å²) in [5, 5.41) is 5.51. The predicted octanol–water partition coefficient (Wildman–Crippen LogP) is 3.13. The molecule has 5 nitrogen and oxygen atoms in total. The van der Waals surface area contributed by atoms with E-state index >= 15 is 0 Å². The van der Waals surface area contributed by atoms with Crippen LogP contribution in [-0.2, 0) is 4.79 Å². The van der Waals surface area contributed by atoms with E-state index in [1.54, 1.807) is 12.1 Å². The normalized spacial score (nSPS) is 11.5. The number of carbonyl (C=O) groups excluding carboxylic acids is 2. The van der Waals surface area contributed by atoms with E-state index in [1.807, 2.05) is 42.5 Å². The van der Waals surface area contributed by atoms with Gasteiger partial charge in [-0.05, 0) is 36.1 Å². The Balaban J connectivity index is 1.71. The van der Waals surface area contributed by atoms with Gasteiger partial charge in [-0.15, -0.1) is 0 Å². The molecule has 0 aromatic heterocycles. The molecule has 0 unspecified atom stereocenters. The van der Waals surface area contributed by atoms with E-state index in [9.17, 15) is 9.59 Å². The molecular weight excluding hydrogens is 328 g/mol. The summed E-state index contributed by atoms with van der Waals surface area (Å²) in [6.07, 6.45) is 1.01. The number of amides is 2. The van der Waals surface area contributed by atoms with Gasteiger partial charge in [0.25, 0.3) is 11.8 Å². The average molecular weight is 354 g/mol. The number of hydrogen-bond acceptors (Lipinski definition) is 3. The second kappa shape index (κ2) is 10.2. The summed E-state index contributed by atoms with van der Waals surface area (Å²) in [5.74, 6) is 0.758. The largest absolute Gasteiger partial charge is 0.483 e. The fourth-order valence-electron chi connectivity index (χ4n) is 2.50. The Labute approximate surface area is 154 Å². The van der Waals surface area contributed by atoms with Crippen LogP contribution in [0.5, 0.6) is 5.75 Å². The lowest BCUT2D eigenvalue weighted by molar-refractivity contribution is -0.123. The van der Waals surface area contributed by atoms with E-state index in [0.29, 0.717) is 24.6 Å². The summed E-state index contributed by atoms with van der Waals surface area (Å²) >= 11 is 0. The van der Waals surface area contributed by atoms with Crippen molar-refractivity contribution in [2.24, 2.45) is 0 Å². The van der Waals surface area contributed by atoms with Crippen molar-refractivity contribution in [3.63, 3.8) is 0 Å². The Morgan fingerprint density at radius 1 is 0.962 bits per heavy atom. The first-order chi connectivity index (χ1) is 12.6. The second-order valence-electron chi connectivity index (χ2n) is 6.11. The maximum Gasteiger partial charge on any atom is 0.258 e. The minimum Gasteiger partial charge on any atom is -0.483 e. The lowest BCUT2D eigenvalue weighted by Gasteiger charge is -2.15. The van der Waals surface area contributed by atoms with Crippen molar-refractivity contribution in [1.29, 1.82) is 0 Å². The fraction of sp³-hybridized carbons (Fsp3) is 0.333. The van der Waals surface area contributed by atoms with Gasteiger partial charge in [0, 0.05) is 18.7 Å². The quantitative estimate of drug-likeness (QED) is 0.680. The highest BCUT2D eigenvalue weighted by molar-refractivity contribution is 5.94. The Hall–Kier alpha value is -2.82. The van der Waals surface area contributed by atoms with Gasteiger partial charge in [-0.1, -0.05) is 50.2 Å². The van der Waals surface area contributed by atoms with Gasteiger partial charge >= 0.3 is 0 Å². The standard InChI is InChI=1S/C21H26N2O3/c1-3-16(2)18-11-7-8-12-19(18)26-15-20(24)22-13-14-23-21(25)17-9-5-4-6-10-17/h4-12,16H,3,13-15H2,1-2H3,(H,22,24)(H,23,25)/t16-/m0/s1. The van der Waals surface area contributed by atoms with E-state index in [2.05, 4.69) is 24.5 Å². The molecule has 26 heavy (non-hydrogen) atoms. The Morgan fingerprint density at radius 2 is 1.62 bits per heavy atom. The van der Waals surface area contributed by atoms with Crippen LogP contribution in [0.4, 0.5) is 0 Å². The maximum atomic E-state index is 11.9. The van der Waals surface area contributed by atoms with Crippen molar-refractivity contribution < 1.29 is 14.3 Å². The zero-order chi connectivity index (χ0) is 18.8. The lowest BCUT2D eigenvalue weighted by Crippen LogP contribution is -2.36. The second-order valence-corrected chi connectivity index (χ2v) is 6.11. The molecule has 0 saturated carbocycles. The van der Waals surface area contributed by atoms with Gasteiger partial charge in [0.05, 0.1) is 0 Å². The summed E-state index contributed by atoms with van der Waals surface area (Å²) in [7, 11) is 0. The van der Waals surface area contributed by atoms with Gasteiger partial charge in [-0.25, -0.2) is 0 Å². The van der Waals surface area contributed by atoms with Gasteiger partial charge in [-0.3, -0.25) is 9.59 Å². The SMILES string of the molecule is CC[C@H](C)c1ccccc1OCC(=O)NCCNC(=O)c1ccccc1. The van der Waals surface area contributed by atoms with E-state index in [-0.39, 0.29) is 18.4 Å². The molecule has 0 fully saturated rings. The minimum atomic E-state index is -0.210.